The van der Waals surface area contributed by atoms with Crippen LogP contribution in [0.2, 0.25) is 0 Å². The van der Waals surface area contributed by atoms with Crippen molar-refractivity contribution in [2.45, 2.75) is 40.2 Å². The van der Waals surface area contributed by atoms with Gasteiger partial charge in [0.2, 0.25) is 5.58 Å². The number of aromatic nitrogens is 1. The van der Waals surface area contributed by atoms with Crippen molar-refractivity contribution in [1.82, 2.24) is 0 Å². The number of hydrogen-bond donors (Lipinski definition) is 0. The molecule has 1 aromatic heterocycles. The number of aliphatic carboxylic acids is 1. The summed E-state index contributed by atoms with van der Waals surface area (Å²) in [5.41, 5.74) is 7.61. The Kier molecular flexibility index (Phi) is 6.95. The van der Waals surface area contributed by atoms with Crippen LogP contribution in [-0.2, 0) is 11.3 Å². The zero-order chi connectivity index (χ0) is 25.9. The van der Waals surface area contributed by atoms with Crippen molar-refractivity contribution in [1.29, 1.82) is 0 Å². The van der Waals surface area contributed by atoms with Gasteiger partial charge in [-0.1, -0.05) is 55.0 Å². The molecule has 3 aromatic carbocycles. The molecule has 0 amide bonds. The highest BCUT2D eigenvalue weighted by Gasteiger charge is 2.22. The Labute approximate surface area is 217 Å². The maximum atomic E-state index is 11.2. The first kappa shape index (κ1) is 24.6. The Morgan fingerprint density at radius 2 is 1.97 bits per heavy atom. The van der Waals surface area contributed by atoms with E-state index in [1.165, 1.54) is 21.9 Å². The fourth-order valence-corrected chi connectivity index (χ4v) is 5.18. The molecule has 0 fully saturated rings. The van der Waals surface area contributed by atoms with Crippen molar-refractivity contribution in [3.63, 3.8) is 0 Å². The molecule has 1 aliphatic heterocycles. The van der Waals surface area contributed by atoms with Crippen molar-refractivity contribution in [3.05, 3.63) is 95.4 Å². The second-order valence-corrected chi connectivity index (χ2v) is 9.50. The van der Waals surface area contributed by atoms with Gasteiger partial charge < -0.3 is 19.2 Å². The zero-order valence-electron chi connectivity index (χ0n) is 21.7. The maximum Gasteiger partial charge on any atom is 0.374 e. The normalized spacial score (nSPS) is 15.3. The second kappa shape index (κ2) is 10.5. The molecule has 0 aliphatic carbocycles. The number of carbonyl (C=O) groups excluding carboxylic acids is 1. The van der Waals surface area contributed by atoms with E-state index in [9.17, 15) is 9.90 Å². The van der Waals surface area contributed by atoms with Gasteiger partial charge in [0, 0.05) is 17.8 Å². The van der Waals surface area contributed by atoms with E-state index in [2.05, 4.69) is 86.0 Å². The molecule has 5 heteroatoms. The van der Waals surface area contributed by atoms with Crippen LogP contribution in [0.5, 0.6) is 0 Å². The fraction of sp³-hybridized carbons (Fsp3) is 0.250. The summed E-state index contributed by atoms with van der Waals surface area (Å²) >= 11 is 0. The van der Waals surface area contributed by atoms with E-state index in [-0.39, 0.29) is 6.54 Å². The summed E-state index contributed by atoms with van der Waals surface area (Å²) in [6, 6.07) is 18.7. The molecule has 1 aliphatic rings. The van der Waals surface area contributed by atoms with E-state index < -0.39 is 5.97 Å². The smallest absolute Gasteiger partial charge is 0.374 e. The lowest BCUT2D eigenvalue weighted by Crippen LogP contribution is -2.40. The number of fused-ring (bicyclic) bond motifs is 4. The summed E-state index contributed by atoms with van der Waals surface area (Å²) in [7, 11) is 0. The Morgan fingerprint density at radius 1 is 1.14 bits per heavy atom. The van der Waals surface area contributed by atoms with E-state index in [1.54, 1.807) is 0 Å². The summed E-state index contributed by atoms with van der Waals surface area (Å²) in [5.74, 6) is -0.224. The fourth-order valence-electron chi connectivity index (χ4n) is 5.18. The number of aryl methyl sites for hydroxylation is 2. The van der Waals surface area contributed by atoms with Gasteiger partial charge in [-0.2, -0.15) is 4.57 Å². The summed E-state index contributed by atoms with van der Waals surface area (Å²) < 4.78 is 8.49. The molecule has 0 atom stereocenters. The number of hydrogen-bond acceptors (Lipinski definition) is 4. The summed E-state index contributed by atoms with van der Waals surface area (Å²) in [6.07, 6.45) is 10.2. The van der Waals surface area contributed by atoms with Crippen LogP contribution in [-0.4, -0.2) is 19.1 Å². The van der Waals surface area contributed by atoms with E-state index in [0.29, 0.717) is 6.54 Å². The van der Waals surface area contributed by atoms with E-state index in [1.807, 2.05) is 23.1 Å². The Morgan fingerprint density at radius 3 is 2.76 bits per heavy atom. The van der Waals surface area contributed by atoms with Gasteiger partial charge in [-0.25, -0.2) is 0 Å². The Bertz CT molecular complexity index is 1570. The molecule has 0 bridgehead atoms. The number of anilines is 1. The van der Waals surface area contributed by atoms with Gasteiger partial charge in [-0.15, -0.1) is 0 Å². The SMILES string of the molecule is CCC(/C=C/c1oc2ccc3ccccc3c2[n+]1CC)=C\C=C1/CCN(CC(=O)[O-])c2ccc(C)cc21. The van der Waals surface area contributed by atoms with Crippen molar-refractivity contribution < 1.29 is 18.9 Å². The summed E-state index contributed by atoms with van der Waals surface area (Å²) in [4.78, 5) is 13.1. The standard InChI is InChI=1S/C32H32N2O3/c1-4-23(11-13-25-18-19-33(21-31(35)36)28-15-10-22(3)20-27(25)28)12-17-30-34(5-2)32-26-9-7-6-8-24(26)14-16-29(32)37-30/h6-17,20H,4-5,18-19,21H2,1-3H3. The van der Waals surface area contributed by atoms with Gasteiger partial charge in [0.1, 0.15) is 6.54 Å². The number of benzene rings is 3. The summed E-state index contributed by atoms with van der Waals surface area (Å²) in [5, 5.41) is 13.6. The molecule has 0 saturated carbocycles. The molecule has 4 aromatic rings. The molecule has 0 N–H and O–H groups in total. The molecule has 0 saturated heterocycles. The number of rotatable bonds is 7. The first-order chi connectivity index (χ1) is 18.0. The lowest BCUT2D eigenvalue weighted by atomic mass is 9.93. The number of allylic oxidation sites excluding steroid dienone is 4. The Balaban J connectivity index is 1.48. The van der Waals surface area contributed by atoms with Crippen molar-refractivity contribution >= 4 is 45.2 Å². The minimum Gasteiger partial charge on any atom is -0.548 e. The third-order valence-corrected chi connectivity index (χ3v) is 7.09. The van der Waals surface area contributed by atoms with Crippen LogP contribution < -0.4 is 14.6 Å². The molecule has 188 valence electrons. The van der Waals surface area contributed by atoms with Gasteiger partial charge in [-0.05, 0) is 73.6 Å². The van der Waals surface area contributed by atoms with Crippen LogP contribution in [0.4, 0.5) is 5.69 Å². The van der Waals surface area contributed by atoms with Crippen LogP contribution in [0.15, 0.2) is 82.8 Å². The van der Waals surface area contributed by atoms with Gasteiger partial charge in [-0.3, -0.25) is 0 Å². The highest BCUT2D eigenvalue weighted by atomic mass is 16.4. The molecule has 0 unspecified atom stereocenters. The number of nitrogens with zero attached hydrogens (tertiary/aromatic N) is 2. The third-order valence-electron chi connectivity index (χ3n) is 7.09. The average molecular weight is 493 g/mol. The van der Waals surface area contributed by atoms with Gasteiger partial charge in [0.15, 0.2) is 0 Å². The molecule has 5 rings (SSSR count). The van der Waals surface area contributed by atoms with Gasteiger partial charge in [0.05, 0.1) is 24.0 Å². The maximum absolute atomic E-state index is 11.2. The molecule has 5 nitrogen and oxygen atoms in total. The molecule has 0 radical (unpaired) electrons. The van der Waals surface area contributed by atoms with Crippen molar-refractivity contribution in [3.8, 4) is 0 Å². The van der Waals surface area contributed by atoms with Crippen LogP contribution in [0.3, 0.4) is 0 Å². The van der Waals surface area contributed by atoms with E-state index >= 15 is 0 Å². The lowest BCUT2D eigenvalue weighted by Gasteiger charge is -2.33. The quantitative estimate of drug-likeness (QED) is 0.249. The predicted molar refractivity (Wildman–Crippen MR) is 148 cm³/mol. The number of oxazole rings is 1. The molecule has 0 spiro atoms. The van der Waals surface area contributed by atoms with Crippen LogP contribution in [0, 0.1) is 6.92 Å². The van der Waals surface area contributed by atoms with Crippen molar-refractivity contribution in [2.24, 2.45) is 0 Å². The monoisotopic (exact) mass is 492 g/mol. The molecule has 37 heavy (non-hydrogen) atoms. The van der Waals surface area contributed by atoms with Crippen LogP contribution in [0.25, 0.3) is 33.5 Å². The first-order valence-electron chi connectivity index (χ1n) is 13.0. The summed E-state index contributed by atoms with van der Waals surface area (Å²) in [6.45, 7) is 7.73. The Hall–Kier alpha value is -4.12. The van der Waals surface area contributed by atoms with E-state index in [4.69, 9.17) is 4.42 Å². The number of carboxylic acids is 1. The third kappa shape index (κ3) is 4.94. The minimum atomic E-state index is -1.06. The van der Waals surface area contributed by atoms with Gasteiger partial charge in [0.25, 0.3) is 5.52 Å². The van der Waals surface area contributed by atoms with E-state index in [0.717, 1.165) is 53.2 Å². The topological polar surface area (TPSA) is 60.4 Å². The highest BCUT2D eigenvalue weighted by Crippen LogP contribution is 2.35. The molecular formula is C32H32N2O3. The second-order valence-electron chi connectivity index (χ2n) is 9.50. The zero-order valence-corrected chi connectivity index (χ0v) is 21.7. The highest BCUT2D eigenvalue weighted by molar-refractivity contribution is 6.01. The number of carbonyl (C=O) groups is 1. The van der Waals surface area contributed by atoms with Crippen LogP contribution >= 0.6 is 0 Å². The van der Waals surface area contributed by atoms with Crippen molar-refractivity contribution in [2.75, 3.05) is 18.0 Å². The molecule has 2 heterocycles. The largest absolute Gasteiger partial charge is 0.548 e. The first-order valence-corrected chi connectivity index (χ1v) is 13.0. The molecular weight excluding hydrogens is 460 g/mol. The predicted octanol–water partition coefficient (Wildman–Crippen LogP) is 5.60. The minimum absolute atomic E-state index is 0.0909. The van der Waals surface area contributed by atoms with Crippen LogP contribution in [0.1, 0.15) is 43.7 Å². The number of carboxylic acid groups (broad SMARTS) is 1. The van der Waals surface area contributed by atoms with Gasteiger partial charge >= 0.3 is 5.89 Å². The average Bonchev–Trinajstić information content (AvgIpc) is 3.27. The lowest BCUT2D eigenvalue weighted by molar-refractivity contribution is -0.673.